The lowest BCUT2D eigenvalue weighted by Gasteiger charge is -2.33. The van der Waals surface area contributed by atoms with E-state index < -0.39 is 11.7 Å². The fourth-order valence-electron chi connectivity index (χ4n) is 2.52. The molecule has 1 heterocycles. The highest BCUT2D eigenvalue weighted by Gasteiger charge is 2.29. The van der Waals surface area contributed by atoms with Crippen molar-refractivity contribution in [2.75, 3.05) is 11.4 Å². The molecule has 4 nitrogen and oxygen atoms in total. The van der Waals surface area contributed by atoms with E-state index in [4.69, 9.17) is 4.74 Å². The van der Waals surface area contributed by atoms with Crippen molar-refractivity contribution in [1.29, 1.82) is 0 Å². The molecule has 20 heavy (non-hydrogen) atoms. The second kappa shape index (κ2) is 5.44. The van der Waals surface area contributed by atoms with Gasteiger partial charge >= 0.3 is 6.09 Å². The van der Waals surface area contributed by atoms with Gasteiger partial charge in [-0.25, -0.2) is 4.79 Å². The molecule has 2 rings (SSSR count). The number of hydrogen-bond acceptors (Lipinski definition) is 3. The van der Waals surface area contributed by atoms with Crippen molar-refractivity contribution >= 4 is 11.8 Å². The number of aryl methyl sites for hydroxylation is 1. The van der Waals surface area contributed by atoms with Gasteiger partial charge in [0.25, 0.3) is 0 Å². The smallest absolute Gasteiger partial charge is 0.414 e. The molecule has 1 unspecified atom stereocenters. The molecular weight excluding hydrogens is 254 g/mol. The molecule has 1 amide bonds. The van der Waals surface area contributed by atoms with E-state index in [1.54, 1.807) is 11.8 Å². The van der Waals surface area contributed by atoms with Gasteiger partial charge in [0.1, 0.15) is 5.60 Å². The molecule has 110 valence electrons. The first-order valence-corrected chi connectivity index (χ1v) is 7.10. The largest absolute Gasteiger partial charge is 0.443 e. The molecule has 0 radical (unpaired) electrons. The van der Waals surface area contributed by atoms with E-state index in [1.807, 2.05) is 39.0 Å². The van der Waals surface area contributed by atoms with Crippen LogP contribution in [0.15, 0.2) is 18.2 Å². The SMILES string of the molecule is CC(O)c1cccc2c1N(C(=O)OC(C)(C)C)CCC2. The second-order valence-electron chi connectivity index (χ2n) is 6.27. The predicted molar refractivity (Wildman–Crippen MR) is 79.0 cm³/mol. The molecule has 1 N–H and O–H groups in total. The number of hydrogen-bond donors (Lipinski definition) is 1. The van der Waals surface area contributed by atoms with Gasteiger partial charge in [-0.2, -0.15) is 0 Å². The van der Waals surface area contributed by atoms with Crippen LogP contribution in [-0.2, 0) is 11.2 Å². The van der Waals surface area contributed by atoms with Gasteiger partial charge < -0.3 is 9.84 Å². The summed E-state index contributed by atoms with van der Waals surface area (Å²) in [7, 11) is 0. The average molecular weight is 277 g/mol. The zero-order chi connectivity index (χ0) is 14.9. The van der Waals surface area contributed by atoms with Crippen molar-refractivity contribution in [2.45, 2.75) is 52.2 Å². The molecule has 0 saturated heterocycles. The number of carbonyl (C=O) groups is 1. The Morgan fingerprint density at radius 2 is 2.10 bits per heavy atom. The summed E-state index contributed by atoms with van der Waals surface area (Å²) in [5.74, 6) is 0. The predicted octanol–water partition coefficient (Wildman–Crippen LogP) is 3.43. The van der Waals surface area contributed by atoms with E-state index in [0.717, 1.165) is 29.7 Å². The standard InChI is InChI=1S/C16H23NO3/c1-11(18)13-9-5-7-12-8-6-10-17(14(12)13)15(19)20-16(2,3)4/h5,7,9,11,18H,6,8,10H2,1-4H3. The number of aliphatic hydroxyl groups is 1. The maximum Gasteiger partial charge on any atom is 0.414 e. The summed E-state index contributed by atoms with van der Waals surface area (Å²) < 4.78 is 5.47. The molecule has 1 aliphatic heterocycles. The number of anilines is 1. The number of nitrogens with zero attached hydrogens (tertiary/aromatic N) is 1. The monoisotopic (exact) mass is 277 g/mol. The maximum absolute atomic E-state index is 12.4. The number of aliphatic hydroxyl groups excluding tert-OH is 1. The van der Waals surface area contributed by atoms with E-state index >= 15 is 0 Å². The minimum atomic E-state index is -0.604. The van der Waals surface area contributed by atoms with Crippen LogP contribution in [0.5, 0.6) is 0 Å². The third-order valence-corrected chi connectivity index (χ3v) is 3.31. The summed E-state index contributed by atoms with van der Waals surface area (Å²) in [5, 5.41) is 9.93. The molecule has 1 aliphatic rings. The summed E-state index contributed by atoms with van der Waals surface area (Å²) in [6.45, 7) is 7.92. The maximum atomic E-state index is 12.4. The Kier molecular flexibility index (Phi) is 4.04. The Balaban J connectivity index is 2.39. The van der Waals surface area contributed by atoms with Crippen molar-refractivity contribution in [3.63, 3.8) is 0 Å². The lowest BCUT2D eigenvalue weighted by Crippen LogP contribution is -2.40. The van der Waals surface area contributed by atoms with Crippen molar-refractivity contribution in [3.05, 3.63) is 29.3 Å². The van der Waals surface area contributed by atoms with E-state index in [0.29, 0.717) is 6.54 Å². The summed E-state index contributed by atoms with van der Waals surface area (Å²) in [5.41, 5.74) is 2.19. The van der Waals surface area contributed by atoms with Gasteiger partial charge in [-0.15, -0.1) is 0 Å². The highest BCUT2D eigenvalue weighted by Crippen LogP contribution is 2.35. The van der Waals surface area contributed by atoms with Gasteiger partial charge in [0.05, 0.1) is 11.8 Å². The first-order valence-electron chi connectivity index (χ1n) is 7.10. The average Bonchev–Trinajstić information content (AvgIpc) is 2.35. The normalized spacial score (nSPS) is 16.6. The van der Waals surface area contributed by atoms with E-state index in [1.165, 1.54) is 0 Å². The van der Waals surface area contributed by atoms with Gasteiger partial charge in [0.15, 0.2) is 0 Å². The van der Waals surface area contributed by atoms with E-state index in [9.17, 15) is 9.90 Å². The molecule has 0 fully saturated rings. The molecule has 0 saturated carbocycles. The molecular formula is C16H23NO3. The van der Waals surface area contributed by atoms with Gasteiger partial charge in [-0.3, -0.25) is 4.90 Å². The Hall–Kier alpha value is -1.55. The molecule has 0 spiro atoms. The molecule has 1 aromatic rings. The van der Waals surface area contributed by atoms with Crippen LogP contribution in [0.25, 0.3) is 0 Å². The third kappa shape index (κ3) is 3.12. The van der Waals surface area contributed by atoms with Crippen LogP contribution >= 0.6 is 0 Å². The summed E-state index contributed by atoms with van der Waals surface area (Å²) in [6.07, 6.45) is 0.893. The lowest BCUT2D eigenvalue weighted by molar-refractivity contribution is 0.0577. The van der Waals surface area contributed by atoms with Crippen molar-refractivity contribution < 1.29 is 14.6 Å². The fourth-order valence-corrected chi connectivity index (χ4v) is 2.52. The molecule has 4 heteroatoms. The van der Waals surface area contributed by atoms with Crippen LogP contribution in [0.3, 0.4) is 0 Å². The minimum Gasteiger partial charge on any atom is -0.443 e. The van der Waals surface area contributed by atoms with Crippen LogP contribution < -0.4 is 4.90 Å². The van der Waals surface area contributed by atoms with E-state index in [-0.39, 0.29) is 6.09 Å². The first-order chi connectivity index (χ1) is 9.29. The van der Waals surface area contributed by atoms with Crippen LogP contribution in [0, 0.1) is 0 Å². The second-order valence-corrected chi connectivity index (χ2v) is 6.27. The van der Waals surface area contributed by atoms with Crippen LogP contribution in [0.1, 0.15) is 51.3 Å². The molecule has 1 aromatic carbocycles. The molecule has 1 atom stereocenters. The lowest BCUT2D eigenvalue weighted by atomic mass is 9.96. The number of benzene rings is 1. The highest BCUT2D eigenvalue weighted by molar-refractivity contribution is 5.90. The summed E-state index contributed by atoms with van der Waals surface area (Å²) in [4.78, 5) is 14.0. The number of para-hydroxylation sites is 1. The Morgan fingerprint density at radius 1 is 1.40 bits per heavy atom. The highest BCUT2D eigenvalue weighted by atomic mass is 16.6. The van der Waals surface area contributed by atoms with Crippen LogP contribution in [0.2, 0.25) is 0 Å². The summed E-state index contributed by atoms with van der Waals surface area (Å²) >= 11 is 0. The van der Waals surface area contributed by atoms with Crippen molar-refractivity contribution in [1.82, 2.24) is 0 Å². The fraction of sp³-hybridized carbons (Fsp3) is 0.562. The number of amides is 1. The van der Waals surface area contributed by atoms with Crippen LogP contribution in [-0.4, -0.2) is 23.3 Å². The van der Waals surface area contributed by atoms with Gasteiger partial charge in [0.2, 0.25) is 0 Å². The number of rotatable bonds is 1. The molecule has 0 bridgehead atoms. The summed E-state index contributed by atoms with van der Waals surface area (Å²) in [6, 6.07) is 5.81. The molecule has 0 aliphatic carbocycles. The van der Waals surface area contributed by atoms with Gasteiger partial charge in [0, 0.05) is 12.1 Å². The van der Waals surface area contributed by atoms with Gasteiger partial charge in [-0.05, 0) is 46.1 Å². The quantitative estimate of drug-likeness (QED) is 0.855. The van der Waals surface area contributed by atoms with Crippen molar-refractivity contribution in [2.24, 2.45) is 0 Å². The Labute approximate surface area is 120 Å². The van der Waals surface area contributed by atoms with Crippen LogP contribution in [0.4, 0.5) is 10.5 Å². The first kappa shape index (κ1) is 14.9. The number of carbonyl (C=O) groups excluding carboxylic acids is 1. The Bertz CT molecular complexity index is 503. The van der Waals surface area contributed by atoms with Crippen molar-refractivity contribution in [3.8, 4) is 0 Å². The topological polar surface area (TPSA) is 49.8 Å². The number of fused-ring (bicyclic) bond motifs is 1. The third-order valence-electron chi connectivity index (χ3n) is 3.31. The Morgan fingerprint density at radius 3 is 2.70 bits per heavy atom. The number of ether oxygens (including phenoxy) is 1. The minimum absolute atomic E-state index is 0.341. The van der Waals surface area contributed by atoms with Gasteiger partial charge in [-0.1, -0.05) is 18.2 Å². The zero-order valence-electron chi connectivity index (χ0n) is 12.6. The zero-order valence-corrected chi connectivity index (χ0v) is 12.6. The molecule has 0 aromatic heterocycles. The van der Waals surface area contributed by atoms with E-state index in [2.05, 4.69) is 0 Å².